The fourth-order valence-electron chi connectivity index (χ4n) is 2.48. The summed E-state index contributed by atoms with van der Waals surface area (Å²) in [6.45, 7) is 6.48. The lowest BCUT2D eigenvalue weighted by atomic mass is 9.78. The van der Waals surface area contributed by atoms with Gasteiger partial charge in [0.2, 0.25) is 5.91 Å². The highest BCUT2D eigenvalue weighted by Crippen LogP contribution is 2.29. The number of carbonyl (C=O) groups excluding carboxylic acids is 1. The third kappa shape index (κ3) is 4.44. The zero-order valence-electron chi connectivity index (χ0n) is 12.4. The average molecular weight is 272 g/mol. The summed E-state index contributed by atoms with van der Waals surface area (Å²) in [5.41, 5.74) is -0.435. The Hall–Kier alpha value is -0.650. The fourth-order valence-corrected chi connectivity index (χ4v) is 2.48. The second-order valence-electron chi connectivity index (χ2n) is 5.63. The molecule has 1 amide bonds. The predicted molar refractivity (Wildman–Crippen MR) is 74.9 cm³/mol. The molecule has 0 bridgehead atoms. The molecule has 0 aromatic heterocycles. The quantitative estimate of drug-likeness (QED) is 0.632. The van der Waals surface area contributed by atoms with Gasteiger partial charge < -0.3 is 20.5 Å². The molecule has 1 fully saturated rings. The third-order valence-corrected chi connectivity index (χ3v) is 4.24. The molecular weight excluding hydrogens is 244 g/mol. The van der Waals surface area contributed by atoms with Crippen LogP contribution >= 0.6 is 0 Å². The van der Waals surface area contributed by atoms with E-state index in [2.05, 4.69) is 10.6 Å². The lowest BCUT2D eigenvalue weighted by Gasteiger charge is -2.36. The van der Waals surface area contributed by atoms with Crippen LogP contribution in [0.5, 0.6) is 0 Å². The van der Waals surface area contributed by atoms with Gasteiger partial charge in [0.1, 0.15) is 0 Å². The Morgan fingerprint density at radius 1 is 1.47 bits per heavy atom. The summed E-state index contributed by atoms with van der Waals surface area (Å²) >= 11 is 0. The van der Waals surface area contributed by atoms with Crippen LogP contribution in [0.25, 0.3) is 0 Å². The van der Waals surface area contributed by atoms with E-state index in [9.17, 15) is 9.90 Å². The number of aliphatic hydroxyl groups is 1. The third-order valence-electron chi connectivity index (χ3n) is 4.24. The van der Waals surface area contributed by atoms with E-state index in [-0.39, 0.29) is 11.8 Å². The summed E-state index contributed by atoms with van der Waals surface area (Å²) in [6.07, 6.45) is 2.00. The molecule has 1 heterocycles. The van der Waals surface area contributed by atoms with Crippen LogP contribution in [0.3, 0.4) is 0 Å². The fraction of sp³-hybridized carbons (Fsp3) is 0.929. The van der Waals surface area contributed by atoms with Crippen LogP contribution in [0.4, 0.5) is 0 Å². The Bertz CT molecular complexity index is 272. The molecule has 1 aliphatic heterocycles. The molecule has 1 aliphatic rings. The van der Waals surface area contributed by atoms with Crippen LogP contribution < -0.4 is 10.6 Å². The number of hydrogen-bond acceptors (Lipinski definition) is 4. The summed E-state index contributed by atoms with van der Waals surface area (Å²) in [4.78, 5) is 12.4. The molecule has 5 nitrogen and oxygen atoms in total. The van der Waals surface area contributed by atoms with Gasteiger partial charge >= 0.3 is 0 Å². The van der Waals surface area contributed by atoms with Gasteiger partial charge in [-0.25, -0.2) is 0 Å². The van der Waals surface area contributed by atoms with Gasteiger partial charge in [-0.1, -0.05) is 20.3 Å². The molecule has 0 aliphatic carbocycles. The largest absolute Gasteiger partial charge is 0.391 e. The minimum atomic E-state index is -0.477. The molecule has 5 heteroatoms. The molecule has 3 N–H and O–H groups in total. The van der Waals surface area contributed by atoms with E-state index in [4.69, 9.17) is 4.74 Å². The predicted octanol–water partition coefficient (Wildman–Crippen LogP) is 0.526. The maximum Gasteiger partial charge on any atom is 0.228 e. The number of ether oxygens (including phenoxy) is 1. The van der Waals surface area contributed by atoms with Crippen molar-refractivity contribution in [2.24, 2.45) is 11.3 Å². The van der Waals surface area contributed by atoms with Gasteiger partial charge in [-0.2, -0.15) is 0 Å². The minimum absolute atomic E-state index is 0.0122. The van der Waals surface area contributed by atoms with Crippen molar-refractivity contribution in [3.63, 3.8) is 0 Å². The summed E-state index contributed by atoms with van der Waals surface area (Å²) in [6, 6.07) is 0. The minimum Gasteiger partial charge on any atom is -0.391 e. The highest BCUT2D eigenvalue weighted by molar-refractivity contribution is 5.83. The number of hydrogen-bond donors (Lipinski definition) is 3. The van der Waals surface area contributed by atoms with E-state index in [1.165, 1.54) is 0 Å². The highest BCUT2D eigenvalue weighted by atomic mass is 16.5. The molecule has 0 radical (unpaired) electrons. The first-order chi connectivity index (χ1) is 9.05. The molecule has 1 saturated heterocycles. The molecule has 0 spiro atoms. The lowest BCUT2D eigenvalue weighted by molar-refractivity contribution is -0.136. The van der Waals surface area contributed by atoms with Crippen LogP contribution in [0.1, 0.15) is 33.1 Å². The van der Waals surface area contributed by atoms with E-state index < -0.39 is 11.5 Å². The van der Waals surface area contributed by atoms with Gasteiger partial charge in [0.05, 0.1) is 18.1 Å². The van der Waals surface area contributed by atoms with Gasteiger partial charge in [0, 0.05) is 13.7 Å². The zero-order valence-corrected chi connectivity index (χ0v) is 12.4. The van der Waals surface area contributed by atoms with E-state index in [0.717, 1.165) is 32.4 Å². The summed E-state index contributed by atoms with van der Waals surface area (Å²) in [5.74, 6) is 0.213. The monoisotopic (exact) mass is 272 g/mol. The first-order valence-electron chi connectivity index (χ1n) is 7.21. The molecule has 0 aromatic carbocycles. The van der Waals surface area contributed by atoms with Crippen molar-refractivity contribution in [3.05, 3.63) is 0 Å². The molecule has 1 rings (SSSR count). The normalized spacial score (nSPS) is 21.7. The van der Waals surface area contributed by atoms with E-state index in [0.29, 0.717) is 13.2 Å². The zero-order chi connectivity index (χ0) is 14.3. The molecule has 0 saturated carbocycles. The Balaban J connectivity index is 2.53. The Morgan fingerprint density at radius 2 is 2.11 bits per heavy atom. The number of rotatable bonds is 7. The molecule has 19 heavy (non-hydrogen) atoms. The average Bonchev–Trinajstić information content (AvgIpc) is 2.44. The van der Waals surface area contributed by atoms with Crippen molar-refractivity contribution < 1.29 is 14.6 Å². The topological polar surface area (TPSA) is 70.6 Å². The van der Waals surface area contributed by atoms with Gasteiger partial charge in [-0.3, -0.25) is 4.79 Å². The Labute approximate surface area is 116 Å². The second-order valence-corrected chi connectivity index (χ2v) is 5.63. The number of amides is 1. The van der Waals surface area contributed by atoms with Crippen LogP contribution in [-0.4, -0.2) is 50.5 Å². The van der Waals surface area contributed by atoms with Crippen LogP contribution in [0, 0.1) is 11.3 Å². The van der Waals surface area contributed by atoms with Crippen molar-refractivity contribution in [3.8, 4) is 0 Å². The summed E-state index contributed by atoms with van der Waals surface area (Å²) in [7, 11) is 1.63. The van der Waals surface area contributed by atoms with E-state index >= 15 is 0 Å². The van der Waals surface area contributed by atoms with Crippen molar-refractivity contribution in [2.45, 2.75) is 39.2 Å². The van der Waals surface area contributed by atoms with Gasteiger partial charge in [-0.15, -0.1) is 0 Å². The molecular formula is C14H28N2O3. The summed E-state index contributed by atoms with van der Waals surface area (Å²) in [5, 5.41) is 16.1. The number of aliphatic hydroxyl groups excluding tert-OH is 1. The van der Waals surface area contributed by atoms with Crippen LogP contribution in [-0.2, 0) is 9.53 Å². The standard InChI is InChI=1S/C14H28N2O3/c1-4-11(2)12(17)9-16-13(18)14(10-19-3)5-7-15-8-6-14/h11-12,15,17H,4-10H2,1-3H3,(H,16,18). The first-order valence-corrected chi connectivity index (χ1v) is 7.21. The highest BCUT2D eigenvalue weighted by Gasteiger charge is 2.39. The Kier molecular flexibility index (Phi) is 6.75. The number of nitrogens with one attached hydrogen (secondary N) is 2. The lowest BCUT2D eigenvalue weighted by Crippen LogP contribution is -2.51. The smallest absolute Gasteiger partial charge is 0.228 e. The van der Waals surface area contributed by atoms with Gasteiger partial charge in [0.25, 0.3) is 0 Å². The number of methoxy groups -OCH3 is 1. The second kappa shape index (κ2) is 7.82. The molecule has 0 aromatic rings. The number of piperidine rings is 1. The SMILES string of the molecule is CCC(C)C(O)CNC(=O)C1(COC)CCNCC1. The first kappa shape index (κ1) is 16.4. The van der Waals surface area contributed by atoms with Crippen LogP contribution in [0.2, 0.25) is 0 Å². The molecule has 2 unspecified atom stereocenters. The van der Waals surface area contributed by atoms with Gasteiger partial charge in [-0.05, 0) is 31.8 Å². The molecule has 2 atom stereocenters. The molecule has 112 valence electrons. The maximum absolute atomic E-state index is 12.4. The van der Waals surface area contributed by atoms with E-state index in [1.54, 1.807) is 7.11 Å². The van der Waals surface area contributed by atoms with Crippen LogP contribution in [0.15, 0.2) is 0 Å². The number of carbonyl (C=O) groups is 1. The van der Waals surface area contributed by atoms with Crippen molar-refractivity contribution in [2.75, 3.05) is 33.4 Å². The van der Waals surface area contributed by atoms with E-state index in [1.807, 2.05) is 13.8 Å². The summed E-state index contributed by atoms with van der Waals surface area (Å²) < 4.78 is 5.23. The van der Waals surface area contributed by atoms with Gasteiger partial charge in [0.15, 0.2) is 0 Å². The maximum atomic E-state index is 12.4. The Morgan fingerprint density at radius 3 is 2.63 bits per heavy atom. The van der Waals surface area contributed by atoms with Crippen molar-refractivity contribution in [1.82, 2.24) is 10.6 Å². The van der Waals surface area contributed by atoms with Crippen molar-refractivity contribution in [1.29, 1.82) is 0 Å². The van der Waals surface area contributed by atoms with Crippen molar-refractivity contribution >= 4 is 5.91 Å².